The summed E-state index contributed by atoms with van der Waals surface area (Å²) in [6.45, 7) is 17.8. The Morgan fingerprint density at radius 3 is 1.68 bits per heavy atom. The van der Waals surface area contributed by atoms with Gasteiger partial charge in [0.2, 0.25) is 0 Å². The molecule has 1 aliphatic heterocycles. The standard InChI is InChI=1S/C66H54N7.Pt/c1-43-37-38-67-59(39-43)73-55-32-15-14-27-51(55)52-36-35-47(41-58(52)73)63-68-62(69-64(70-63)60-53(65(2,3)4)30-20-31-54(60)66(5,6)7)46-25-18-26-48(40-46)71-42-72(57-34-17-16-33-56(57)71)61-49(44-21-10-8-11-22-44)28-19-29-50(61)45-23-12-9-13-24-45;/h8-39,42H,1-7H3;/q-3;. The average Bonchev–Trinajstić information content (AvgIpc) is 3.96. The van der Waals surface area contributed by atoms with E-state index in [-0.39, 0.29) is 31.9 Å². The molecule has 3 aromatic heterocycles. The normalized spacial score (nSPS) is 12.6. The van der Waals surface area contributed by atoms with Crippen molar-refractivity contribution >= 4 is 44.6 Å². The molecule has 1 aliphatic rings. The Hall–Kier alpha value is -7.99. The van der Waals surface area contributed by atoms with E-state index in [0.717, 1.165) is 94.9 Å². The maximum absolute atomic E-state index is 5.46. The number of benzene rings is 8. The van der Waals surface area contributed by atoms with Crippen molar-refractivity contribution < 1.29 is 21.1 Å². The minimum Gasteiger partial charge on any atom is -0.488 e. The molecule has 0 fully saturated rings. The van der Waals surface area contributed by atoms with E-state index in [1.54, 1.807) is 0 Å². The SMILES string of the molecule is Cc1ccnc(-n2c3[c-]c(-c4nc(-c5[c-]c(N6[CH-]N(c7c(-c8ccccc8)cccc7-c7ccccc7)c7ccccc76)ccc5)nc(-c5c(C(C)(C)C)cccc5C(C)(C)C)n4)ccc3c3ccccc32)c1.[Pt]. The fourth-order valence-electron chi connectivity index (χ4n) is 10.4. The molecule has 8 aromatic carbocycles. The molecule has 0 amide bonds. The molecule has 0 saturated carbocycles. The van der Waals surface area contributed by atoms with Crippen LogP contribution in [0.25, 0.3) is 84.0 Å². The molecule has 74 heavy (non-hydrogen) atoms. The molecule has 7 nitrogen and oxygen atoms in total. The number of fused-ring (bicyclic) bond motifs is 4. The van der Waals surface area contributed by atoms with E-state index in [9.17, 15) is 0 Å². The number of pyridine rings is 1. The van der Waals surface area contributed by atoms with Crippen LogP contribution in [0.1, 0.15) is 58.2 Å². The monoisotopic (exact) mass is 1140 g/mol. The van der Waals surface area contributed by atoms with E-state index in [1.807, 2.05) is 12.3 Å². The Morgan fingerprint density at radius 1 is 0.486 bits per heavy atom. The van der Waals surface area contributed by atoms with E-state index in [1.165, 1.54) is 11.1 Å². The van der Waals surface area contributed by atoms with Crippen molar-refractivity contribution in [2.75, 3.05) is 9.80 Å². The van der Waals surface area contributed by atoms with Crippen LogP contribution in [-0.4, -0.2) is 24.5 Å². The van der Waals surface area contributed by atoms with Crippen LogP contribution < -0.4 is 9.80 Å². The van der Waals surface area contributed by atoms with Crippen LogP contribution in [-0.2, 0) is 31.9 Å². The second-order valence-corrected chi connectivity index (χ2v) is 20.9. The molecule has 12 rings (SSSR count). The number of nitrogens with zero attached hydrogens (tertiary/aromatic N) is 7. The Labute approximate surface area is 448 Å². The third kappa shape index (κ3) is 8.69. The molecule has 0 bridgehead atoms. The first-order valence-corrected chi connectivity index (χ1v) is 25.0. The quantitative estimate of drug-likeness (QED) is 0.141. The first-order valence-electron chi connectivity index (χ1n) is 25.0. The van der Waals surface area contributed by atoms with E-state index in [2.05, 4.69) is 264 Å². The van der Waals surface area contributed by atoms with Crippen LogP contribution in [0.15, 0.2) is 194 Å². The van der Waals surface area contributed by atoms with Crippen LogP contribution in [0.2, 0.25) is 0 Å². The first-order chi connectivity index (χ1) is 35.4. The number of aromatic nitrogens is 5. The van der Waals surface area contributed by atoms with Gasteiger partial charge in [-0.2, -0.15) is 0 Å². The van der Waals surface area contributed by atoms with Crippen molar-refractivity contribution in [3.8, 4) is 62.2 Å². The van der Waals surface area contributed by atoms with Gasteiger partial charge in [-0.15, -0.1) is 60.3 Å². The molecule has 8 heteroatoms. The number of rotatable bonds is 8. The van der Waals surface area contributed by atoms with Crippen LogP contribution >= 0.6 is 0 Å². The van der Waals surface area contributed by atoms with Crippen molar-refractivity contribution in [1.82, 2.24) is 24.5 Å². The molecule has 0 spiro atoms. The molecule has 0 radical (unpaired) electrons. The summed E-state index contributed by atoms with van der Waals surface area (Å²) in [5, 5.41) is 2.20. The van der Waals surface area contributed by atoms with Crippen LogP contribution in [0.4, 0.5) is 22.7 Å². The largest absolute Gasteiger partial charge is 0.488 e. The Morgan fingerprint density at radius 2 is 1.04 bits per heavy atom. The second kappa shape index (κ2) is 19.1. The van der Waals surface area contributed by atoms with Crippen molar-refractivity contribution in [1.29, 1.82) is 0 Å². The zero-order valence-corrected chi connectivity index (χ0v) is 44.8. The molecule has 0 unspecified atom stereocenters. The fraction of sp³-hybridized carbons (Fsp3) is 0.136. The molecule has 0 atom stereocenters. The smallest absolute Gasteiger partial charge is 0.144 e. The second-order valence-electron chi connectivity index (χ2n) is 20.9. The van der Waals surface area contributed by atoms with Gasteiger partial charge in [-0.25, -0.2) is 4.98 Å². The van der Waals surface area contributed by atoms with Crippen molar-refractivity contribution in [3.63, 3.8) is 0 Å². The molecular weight excluding hydrogens is 1090 g/mol. The zero-order valence-electron chi connectivity index (χ0n) is 42.5. The molecule has 0 saturated heterocycles. The van der Waals surface area contributed by atoms with Crippen molar-refractivity contribution in [2.24, 2.45) is 0 Å². The van der Waals surface area contributed by atoms with E-state index >= 15 is 0 Å². The van der Waals surface area contributed by atoms with Gasteiger partial charge in [-0.1, -0.05) is 180 Å². The molecule has 366 valence electrons. The Bertz CT molecular complexity index is 3800. The molecule has 4 heterocycles. The number of para-hydroxylation sites is 4. The predicted octanol–water partition coefficient (Wildman–Crippen LogP) is 16.6. The van der Waals surface area contributed by atoms with Crippen molar-refractivity contribution in [3.05, 3.63) is 230 Å². The first kappa shape index (κ1) is 48.3. The van der Waals surface area contributed by atoms with Gasteiger partial charge in [0, 0.05) is 66.5 Å². The van der Waals surface area contributed by atoms with Gasteiger partial charge < -0.3 is 19.4 Å². The topological polar surface area (TPSA) is 63.0 Å². The van der Waals surface area contributed by atoms with Crippen molar-refractivity contribution in [2.45, 2.75) is 59.3 Å². The molecule has 0 aliphatic carbocycles. The molecule has 0 N–H and O–H groups in total. The number of hydrogen-bond acceptors (Lipinski definition) is 6. The summed E-state index contributed by atoms with van der Waals surface area (Å²) in [6.07, 6.45) is 1.87. The number of aryl methyl sites for hydroxylation is 1. The summed E-state index contributed by atoms with van der Waals surface area (Å²) in [5.74, 6) is 2.48. The number of hydrogen-bond donors (Lipinski definition) is 0. The van der Waals surface area contributed by atoms with Gasteiger partial charge in [0.05, 0.1) is 11.6 Å². The third-order valence-corrected chi connectivity index (χ3v) is 13.9. The minimum absolute atomic E-state index is 0. The van der Waals surface area contributed by atoms with Gasteiger partial charge in [0.1, 0.15) is 11.6 Å². The minimum atomic E-state index is -0.216. The zero-order chi connectivity index (χ0) is 50.0. The van der Waals surface area contributed by atoms with Gasteiger partial charge in [-0.05, 0) is 86.8 Å². The summed E-state index contributed by atoms with van der Waals surface area (Å²) in [7, 11) is 0. The van der Waals surface area contributed by atoms with Gasteiger partial charge >= 0.3 is 0 Å². The third-order valence-electron chi connectivity index (χ3n) is 13.9. The molecular formula is C66H54N7Pt-3. The van der Waals surface area contributed by atoms with Gasteiger partial charge in [-0.3, -0.25) is 9.97 Å². The molecule has 11 aromatic rings. The van der Waals surface area contributed by atoms with Crippen LogP contribution in [0.5, 0.6) is 0 Å². The number of anilines is 4. The van der Waals surface area contributed by atoms with Gasteiger partial charge in [0.25, 0.3) is 0 Å². The van der Waals surface area contributed by atoms with E-state index < -0.39 is 0 Å². The average molecular weight is 1140 g/mol. The summed E-state index contributed by atoms with van der Waals surface area (Å²) in [5.41, 5.74) is 16.1. The Balaban J connectivity index is 0.00000588. The maximum atomic E-state index is 5.46. The summed E-state index contributed by atoms with van der Waals surface area (Å²) < 4.78 is 2.20. The van der Waals surface area contributed by atoms with Crippen LogP contribution in [0, 0.1) is 25.7 Å². The fourth-order valence-corrected chi connectivity index (χ4v) is 10.4. The Kier molecular flexibility index (Phi) is 12.5. The summed E-state index contributed by atoms with van der Waals surface area (Å²) in [6, 6.07) is 73.8. The summed E-state index contributed by atoms with van der Waals surface area (Å²) in [4.78, 5) is 25.7. The van der Waals surface area contributed by atoms with Gasteiger partial charge in [0.15, 0.2) is 0 Å². The predicted molar refractivity (Wildman–Crippen MR) is 300 cm³/mol. The maximum Gasteiger partial charge on any atom is 0.144 e. The van der Waals surface area contributed by atoms with Crippen LogP contribution in [0.3, 0.4) is 0 Å². The summed E-state index contributed by atoms with van der Waals surface area (Å²) >= 11 is 0. The van der Waals surface area contributed by atoms with E-state index in [4.69, 9.17) is 19.9 Å². The van der Waals surface area contributed by atoms with E-state index in [0.29, 0.717) is 17.5 Å².